The Morgan fingerprint density at radius 1 is 1.50 bits per heavy atom. The first-order valence-corrected chi connectivity index (χ1v) is 8.34. The quantitative estimate of drug-likeness (QED) is 0.619. The maximum Gasteiger partial charge on any atom is 0.331 e. The molecule has 2 heterocycles. The topological polar surface area (TPSA) is 96.5 Å². The van der Waals surface area contributed by atoms with Gasteiger partial charge in [-0.3, -0.25) is 9.20 Å². The Morgan fingerprint density at radius 3 is 2.88 bits per heavy atom. The van der Waals surface area contributed by atoms with Crippen molar-refractivity contribution in [3.8, 4) is 6.07 Å². The summed E-state index contributed by atoms with van der Waals surface area (Å²) in [6.07, 6.45) is 4.40. The van der Waals surface area contributed by atoms with Crippen molar-refractivity contribution < 1.29 is 14.3 Å². The normalized spacial score (nSPS) is 13.5. The Hall–Kier alpha value is -2.85. The van der Waals surface area contributed by atoms with E-state index in [1.165, 1.54) is 12.2 Å². The predicted molar refractivity (Wildman–Crippen MR) is 97.2 cm³/mol. The zero-order valence-electron chi connectivity index (χ0n) is 14.7. The molecule has 0 radical (unpaired) electrons. The summed E-state index contributed by atoms with van der Waals surface area (Å²) < 4.78 is 6.63. The highest BCUT2D eigenvalue weighted by molar-refractivity contribution is 6.31. The monoisotopic (exact) mass is 374 g/mol. The van der Waals surface area contributed by atoms with Crippen LogP contribution in [0.25, 0.3) is 11.7 Å². The first-order chi connectivity index (χ1) is 12.3. The number of amides is 1. The zero-order valence-corrected chi connectivity index (χ0v) is 15.4. The largest absolute Gasteiger partial charge is 0.452 e. The van der Waals surface area contributed by atoms with Crippen molar-refractivity contribution in [3.63, 3.8) is 0 Å². The molecule has 26 heavy (non-hydrogen) atoms. The van der Waals surface area contributed by atoms with Gasteiger partial charge in [0.15, 0.2) is 11.8 Å². The van der Waals surface area contributed by atoms with E-state index < -0.39 is 24.0 Å². The minimum Gasteiger partial charge on any atom is -0.452 e. The molecule has 0 bridgehead atoms. The predicted octanol–water partition coefficient (Wildman–Crippen LogP) is 2.60. The summed E-state index contributed by atoms with van der Waals surface area (Å²) in [7, 11) is 0. The maximum absolute atomic E-state index is 11.9. The number of nitrogens with one attached hydrogen (secondary N) is 1. The van der Waals surface area contributed by atoms with Gasteiger partial charge in [0.1, 0.15) is 11.2 Å². The highest BCUT2D eigenvalue weighted by Crippen LogP contribution is 2.19. The molecule has 2 rings (SSSR count). The van der Waals surface area contributed by atoms with Gasteiger partial charge in [0.2, 0.25) is 0 Å². The third kappa shape index (κ3) is 4.41. The van der Waals surface area contributed by atoms with Crippen LogP contribution < -0.4 is 5.32 Å². The lowest BCUT2D eigenvalue weighted by molar-refractivity contribution is -0.144. The molecular weight excluding hydrogens is 356 g/mol. The SMILES string of the molecule is CC(C)[C@@](C)(C#N)NC(=O)COC(=O)/C=C/c1c(Cl)nc2ccccn12. The third-order valence-electron chi connectivity index (χ3n) is 4.03. The van der Waals surface area contributed by atoms with Gasteiger partial charge in [0, 0.05) is 12.3 Å². The summed E-state index contributed by atoms with van der Waals surface area (Å²) >= 11 is 6.07. The number of hydrogen-bond donors (Lipinski definition) is 1. The highest BCUT2D eigenvalue weighted by atomic mass is 35.5. The van der Waals surface area contributed by atoms with Crippen LogP contribution >= 0.6 is 11.6 Å². The lowest BCUT2D eigenvalue weighted by atomic mass is 9.90. The van der Waals surface area contributed by atoms with Gasteiger partial charge in [0.25, 0.3) is 5.91 Å². The van der Waals surface area contributed by atoms with Gasteiger partial charge in [-0.15, -0.1) is 0 Å². The highest BCUT2D eigenvalue weighted by Gasteiger charge is 2.30. The fourth-order valence-corrected chi connectivity index (χ4v) is 2.33. The minimum atomic E-state index is -1.02. The standard InChI is InChI=1S/C18H19ClN4O3/c1-12(2)18(3,11-20)22-15(24)10-26-16(25)8-7-13-17(19)21-14-6-4-5-9-23(13)14/h4-9,12H,10H2,1-3H3,(H,22,24)/b8-7+/t18-/m1/s1. The molecule has 0 aliphatic rings. The number of rotatable bonds is 6. The van der Waals surface area contributed by atoms with Gasteiger partial charge in [0.05, 0.1) is 11.8 Å². The van der Waals surface area contributed by atoms with Crippen LogP contribution in [0.4, 0.5) is 0 Å². The number of aromatic nitrogens is 2. The summed E-state index contributed by atoms with van der Waals surface area (Å²) in [5.41, 5.74) is 0.151. The Labute approximate surface area is 156 Å². The molecule has 1 N–H and O–H groups in total. The van der Waals surface area contributed by atoms with Gasteiger partial charge in [-0.05, 0) is 31.1 Å². The molecule has 2 aromatic rings. The number of carbonyl (C=O) groups excluding carboxylic acids is 2. The lowest BCUT2D eigenvalue weighted by Gasteiger charge is -2.27. The van der Waals surface area contributed by atoms with Crippen molar-refractivity contribution in [1.82, 2.24) is 14.7 Å². The molecule has 7 nitrogen and oxygen atoms in total. The van der Waals surface area contributed by atoms with E-state index in [1.54, 1.807) is 23.6 Å². The second-order valence-corrected chi connectivity index (χ2v) is 6.53. The van der Waals surface area contributed by atoms with Crippen molar-refractivity contribution in [2.45, 2.75) is 26.3 Å². The number of fused-ring (bicyclic) bond motifs is 1. The number of imidazole rings is 1. The minimum absolute atomic E-state index is 0.0932. The average Bonchev–Trinajstić information content (AvgIpc) is 2.93. The van der Waals surface area contributed by atoms with Crippen molar-refractivity contribution in [1.29, 1.82) is 5.26 Å². The molecule has 2 aromatic heterocycles. The summed E-state index contributed by atoms with van der Waals surface area (Å²) in [5.74, 6) is -1.34. The number of carbonyl (C=O) groups is 2. The molecular formula is C18H19ClN4O3. The number of esters is 1. The molecule has 1 atom stereocenters. The molecule has 0 saturated carbocycles. The summed E-state index contributed by atoms with van der Waals surface area (Å²) in [5, 5.41) is 12.0. The Kier molecular flexibility index (Phi) is 6.01. The van der Waals surface area contributed by atoms with Gasteiger partial charge in [-0.1, -0.05) is 31.5 Å². The van der Waals surface area contributed by atoms with Crippen LogP contribution in [0, 0.1) is 17.2 Å². The average molecular weight is 375 g/mol. The Bertz CT molecular complexity index is 897. The van der Waals surface area contributed by atoms with Crippen molar-refractivity contribution in [2.24, 2.45) is 5.92 Å². The second-order valence-electron chi connectivity index (χ2n) is 6.17. The van der Waals surface area contributed by atoms with Crippen molar-refractivity contribution in [2.75, 3.05) is 6.61 Å². The molecule has 0 saturated heterocycles. The van der Waals surface area contributed by atoms with E-state index in [-0.39, 0.29) is 11.1 Å². The van der Waals surface area contributed by atoms with E-state index in [1.807, 2.05) is 26.0 Å². The molecule has 1 amide bonds. The number of halogens is 1. The summed E-state index contributed by atoms with van der Waals surface area (Å²) in [6.45, 7) is 4.77. The van der Waals surface area contributed by atoms with Gasteiger partial charge >= 0.3 is 5.97 Å². The van der Waals surface area contributed by atoms with Crippen LogP contribution in [0.15, 0.2) is 30.5 Å². The van der Waals surface area contributed by atoms with Crippen LogP contribution in [0.3, 0.4) is 0 Å². The number of pyridine rings is 1. The molecule has 0 unspecified atom stereocenters. The molecule has 0 spiro atoms. The van der Waals surface area contributed by atoms with E-state index in [9.17, 15) is 14.9 Å². The zero-order chi connectivity index (χ0) is 19.3. The molecule has 0 fully saturated rings. The Balaban J connectivity index is 1.96. The van der Waals surface area contributed by atoms with Crippen LogP contribution in [0.1, 0.15) is 26.5 Å². The number of nitrogens with zero attached hydrogens (tertiary/aromatic N) is 3. The van der Waals surface area contributed by atoms with Gasteiger partial charge < -0.3 is 10.1 Å². The van der Waals surface area contributed by atoms with Gasteiger partial charge in [-0.2, -0.15) is 5.26 Å². The van der Waals surface area contributed by atoms with E-state index in [0.717, 1.165) is 0 Å². The second kappa shape index (κ2) is 8.02. The summed E-state index contributed by atoms with van der Waals surface area (Å²) in [6, 6.07) is 7.47. The van der Waals surface area contributed by atoms with Crippen LogP contribution in [-0.2, 0) is 14.3 Å². The maximum atomic E-state index is 11.9. The fraction of sp³-hybridized carbons (Fsp3) is 0.333. The first-order valence-electron chi connectivity index (χ1n) is 7.96. The van der Waals surface area contributed by atoms with E-state index in [2.05, 4.69) is 16.4 Å². The van der Waals surface area contributed by atoms with Crippen LogP contribution in [-0.4, -0.2) is 33.4 Å². The molecule has 0 aliphatic heterocycles. The third-order valence-corrected chi connectivity index (χ3v) is 4.31. The number of nitriles is 1. The van der Waals surface area contributed by atoms with Gasteiger partial charge in [-0.25, -0.2) is 9.78 Å². The number of hydrogen-bond acceptors (Lipinski definition) is 5. The molecule has 136 valence electrons. The van der Waals surface area contributed by atoms with E-state index in [0.29, 0.717) is 11.3 Å². The van der Waals surface area contributed by atoms with E-state index >= 15 is 0 Å². The Morgan fingerprint density at radius 2 is 2.23 bits per heavy atom. The molecule has 0 aliphatic carbocycles. The fourth-order valence-electron chi connectivity index (χ4n) is 2.09. The van der Waals surface area contributed by atoms with Crippen LogP contribution in [0.5, 0.6) is 0 Å². The summed E-state index contributed by atoms with van der Waals surface area (Å²) in [4.78, 5) is 27.9. The molecule has 0 aromatic carbocycles. The van der Waals surface area contributed by atoms with E-state index in [4.69, 9.17) is 16.3 Å². The van der Waals surface area contributed by atoms with Crippen molar-refractivity contribution >= 4 is 35.2 Å². The first kappa shape index (κ1) is 19.5. The van der Waals surface area contributed by atoms with Crippen LogP contribution in [0.2, 0.25) is 5.15 Å². The number of ether oxygens (including phenoxy) is 1. The lowest BCUT2D eigenvalue weighted by Crippen LogP contribution is -2.50. The molecule has 8 heteroatoms. The smallest absolute Gasteiger partial charge is 0.331 e. The van der Waals surface area contributed by atoms with Crippen molar-refractivity contribution in [3.05, 3.63) is 41.3 Å².